The van der Waals surface area contributed by atoms with Crippen molar-refractivity contribution in [2.24, 2.45) is 0 Å². The summed E-state index contributed by atoms with van der Waals surface area (Å²) in [5, 5.41) is 14.9. The summed E-state index contributed by atoms with van der Waals surface area (Å²) >= 11 is 0. The first-order chi connectivity index (χ1) is 8.78. The molecule has 5 nitrogen and oxygen atoms in total. The van der Waals surface area contributed by atoms with Crippen molar-refractivity contribution in [2.45, 2.75) is 25.1 Å². The molecule has 1 aromatic rings. The molecule has 2 atom stereocenters. The number of aliphatic hydroxyl groups excluding tert-OH is 1. The largest absolute Gasteiger partial charge is 0.445 e. The Balaban J connectivity index is 0.00000180. The Bertz CT molecular complexity index is 389. The molecule has 1 heterocycles. The van der Waals surface area contributed by atoms with E-state index in [1.165, 1.54) is 0 Å². The summed E-state index contributed by atoms with van der Waals surface area (Å²) in [6.45, 7) is 1.04. The minimum atomic E-state index is -0.413. The smallest absolute Gasteiger partial charge is 0.407 e. The second-order valence-electron chi connectivity index (χ2n) is 4.43. The molecular weight excluding hydrogens is 268 g/mol. The van der Waals surface area contributed by atoms with Gasteiger partial charge < -0.3 is 20.5 Å². The van der Waals surface area contributed by atoms with E-state index in [1.54, 1.807) is 0 Å². The highest BCUT2D eigenvalue weighted by molar-refractivity contribution is 5.85. The van der Waals surface area contributed by atoms with Gasteiger partial charge in [-0.25, -0.2) is 4.79 Å². The highest BCUT2D eigenvalue weighted by atomic mass is 35.5. The minimum absolute atomic E-state index is 0. The van der Waals surface area contributed by atoms with Crippen LogP contribution in [0.25, 0.3) is 0 Å². The van der Waals surface area contributed by atoms with Crippen LogP contribution in [-0.2, 0) is 11.3 Å². The number of halogens is 1. The van der Waals surface area contributed by atoms with Crippen LogP contribution in [0.3, 0.4) is 0 Å². The van der Waals surface area contributed by atoms with Crippen molar-refractivity contribution in [3.63, 3.8) is 0 Å². The van der Waals surface area contributed by atoms with E-state index in [4.69, 9.17) is 9.84 Å². The molecular formula is C13H19ClN2O3. The van der Waals surface area contributed by atoms with Crippen molar-refractivity contribution in [3.8, 4) is 0 Å². The number of hydrogen-bond acceptors (Lipinski definition) is 4. The molecule has 0 radical (unpaired) electrons. The molecule has 0 spiro atoms. The monoisotopic (exact) mass is 286 g/mol. The molecule has 0 bridgehead atoms. The predicted molar refractivity (Wildman–Crippen MR) is 74.3 cm³/mol. The van der Waals surface area contributed by atoms with E-state index in [2.05, 4.69) is 10.6 Å². The van der Waals surface area contributed by atoms with Crippen molar-refractivity contribution in [1.82, 2.24) is 10.6 Å². The average molecular weight is 287 g/mol. The van der Waals surface area contributed by atoms with Crippen molar-refractivity contribution >= 4 is 18.5 Å². The Morgan fingerprint density at radius 3 is 2.79 bits per heavy atom. The van der Waals surface area contributed by atoms with Crippen LogP contribution >= 0.6 is 12.4 Å². The number of carbonyl (C=O) groups excluding carboxylic acids is 1. The van der Waals surface area contributed by atoms with Crippen LogP contribution in [-0.4, -0.2) is 36.4 Å². The summed E-state index contributed by atoms with van der Waals surface area (Å²) in [5.41, 5.74) is 0.963. The maximum Gasteiger partial charge on any atom is 0.407 e. The summed E-state index contributed by atoms with van der Waals surface area (Å²) in [6, 6.07) is 9.66. The van der Waals surface area contributed by atoms with Gasteiger partial charge in [0.2, 0.25) is 0 Å². The van der Waals surface area contributed by atoms with Gasteiger partial charge in [-0.2, -0.15) is 0 Å². The SMILES string of the molecule is Cl.O=C(N[C@H]1CNC(CO)C1)OCc1ccccc1. The average Bonchev–Trinajstić information content (AvgIpc) is 2.85. The van der Waals surface area contributed by atoms with Crippen LogP contribution in [0.5, 0.6) is 0 Å². The van der Waals surface area contributed by atoms with Gasteiger partial charge in [-0.3, -0.25) is 0 Å². The van der Waals surface area contributed by atoms with Gasteiger partial charge in [0.05, 0.1) is 6.61 Å². The summed E-state index contributed by atoms with van der Waals surface area (Å²) < 4.78 is 5.12. The second kappa shape index (κ2) is 7.99. The molecule has 2 rings (SSSR count). The lowest BCUT2D eigenvalue weighted by Crippen LogP contribution is -2.36. The molecule has 1 fully saturated rings. The Hall–Kier alpha value is -1.30. The minimum Gasteiger partial charge on any atom is -0.445 e. The summed E-state index contributed by atoms with van der Waals surface area (Å²) in [5.74, 6) is 0. The molecule has 1 aliphatic rings. The van der Waals surface area contributed by atoms with Crippen LogP contribution < -0.4 is 10.6 Å². The van der Waals surface area contributed by atoms with E-state index in [1.807, 2.05) is 30.3 Å². The lowest BCUT2D eigenvalue weighted by atomic mass is 10.2. The number of aliphatic hydroxyl groups is 1. The van der Waals surface area contributed by atoms with E-state index in [-0.39, 0.29) is 37.7 Å². The molecule has 1 aromatic carbocycles. The predicted octanol–water partition coefficient (Wildman–Crippen LogP) is 1.06. The maximum absolute atomic E-state index is 11.5. The van der Waals surface area contributed by atoms with Crippen molar-refractivity contribution in [2.75, 3.05) is 13.2 Å². The van der Waals surface area contributed by atoms with Crippen LogP contribution in [0, 0.1) is 0 Å². The third-order valence-corrected chi connectivity index (χ3v) is 2.98. The molecule has 0 aromatic heterocycles. The van der Waals surface area contributed by atoms with E-state index in [9.17, 15) is 4.79 Å². The third kappa shape index (κ3) is 5.06. The van der Waals surface area contributed by atoms with Crippen molar-refractivity contribution in [3.05, 3.63) is 35.9 Å². The third-order valence-electron chi connectivity index (χ3n) is 2.98. The summed E-state index contributed by atoms with van der Waals surface area (Å²) in [7, 11) is 0. The van der Waals surface area contributed by atoms with E-state index >= 15 is 0 Å². The van der Waals surface area contributed by atoms with Gasteiger partial charge in [-0.1, -0.05) is 30.3 Å². The second-order valence-corrected chi connectivity index (χ2v) is 4.43. The Morgan fingerprint density at radius 2 is 2.16 bits per heavy atom. The normalized spacial score (nSPS) is 21.5. The Labute approximate surface area is 118 Å². The summed E-state index contributed by atoms with van der Waals surface area (Å²) in [6.07, 6.45) is 0.320. The van der Waals surface area contributed by atoms with E-state index in [0.717, 1.165) is 12.0 Å². The van der Waals surface area contributed by atoms with Crippen LogP contribution in [0.2, 0.25) is 0 Å². The van der Waals surface area contributed by atoms with Crippen LogP contribution in [0.1, 0.15) is 12.0 Å². The van der Waals surface area contributed by atoms with Gasteiger partial charge in [0, 0.05) is 18.6 Å². The molecule has 6 heteroatoms. The highest BCUT2D eigenvalue weighted by Crippen LogP contribution is 2.06. The van der Waals surface area contributed by atoms with Gasteiger partial charge >= 0.3 is 6.09 Å². The Morgan fingerprint density at radius 1 is 1.42 bits per heavy atom. The van der Waals surface area contributed by atoms with Gasteiger partial charge in [0.25, 0.3) is 0 Å². The molecule has 106 valence electrons. The first-order valence-corrected chi connectivity index (χ1v) is 6.09. The standard InChI is InChI=1S/C13H18N2O3.ClH/c16-8-12-6-11(7-14-12)15-13(17)18-9-10-4-2-1-3-5-10;/h1-5,11-12,14,16H,6-9H2,(H,15,17);1H/t11-,12?;/m1./s1. The van der Waals surface area contributed by atoms with E-state index in [0.29, 0.717) is 6.54 Å². The molecule has 3 N–H and O–H groups in total. The number of benzene rings is 1. The first kappa shape index (κ1) is 15.8. The van der Waals surface area contributed by atoms with E-state index < -0.39 is 6.09 Å². The van der Waals surface area contributed by atoms with Crippen LogP contribution in [0.4, 0.5) is 4.79 Å². The van der Waals surface area contributed by atoms with Crippen molar-refractivity contribution < 1.29 is 14.6 Å². The number of amides is 1. The van der Waals surface area contributed by atoms with Crippen molar-refractivity contribution in [1.29, 1.82) is 0 Å². The number of carbonyl (C=O) groups is 1. The highest BCUT2D eigenvalue weighted by Gasteiger charge is 2.24. The number of nitrogens with one attached hydrogen (secondary N) is 2. The van der Waals surface area contributed by atoms with Gasteiger partial charge in [-0.15, -0.1) is 12.4 Å². The van der Waals surface area contributed by atoms with Crippen LogP contribution in [0.15, 0.2) is 30.3 Å². The lowest BCUT2D eigenvalue weighted by molar-refractivity contribution is 0.136. The fraction of sp³-hybridized carbons (Fsp3) is 0.462. The maximum atomic E-state index is 11.5. The van der Waals surface area contributed by atoms with Gasteiger partial charge in [0.1, 0.15) is 6.61 Å². The van der Waals surface area contributed by atoms with Gasteiger partial charge in [-0.05, 0) is 12.0 Å². The topological polar surface area (TPSA) is 70.6 Å². The summed E-state index contributed by atoms with van der Waals surface area (Å²) in [4.78, 5) is 11.5. The zero-order valence-corrected chi connectivity index (χ0v) is 11.4. The number of hydrogen-bond donors (Lipinski definition) is 3. The Kier molecular flexibility index (Phi) is 6.62. The molecule has 1 aliphatic heterocycles. The zero-order valence-electron chi connectivity index (χ0n) is 10.5. The fourth-order valence-electron chi connectivity index (χ4n) is 2.00. The first-order valence-electron chi connectivity index (χ1n) is 6.09. The van der Waals surface area contributed by atoms with Gasteiger partial charge in [0.15, 0.2) is 0 Å². The molecule has 19 heavy (non-hydrogen) atoms. The molecule has 1 saturated heterocycles. The lowest BCUT2D eigenvalue weighted by Gasteiger charge is -2.12. The molecule has 0 saturated carbocycles. The number of rotatable bonds is 4. The molecule has 1 unspecified atom stereocenters. The number of alkyl carbamates (subject to hydrolysis) is 1. The zero-order chi connectivity index (χ0) is 12.8. The molecule has 0 aliphatic carbocycles. The quantitative estimate of drug-likeness (QED) is 0.774. The molecule has 1 amide bonds. The number of ether oxygens (including phenoxy) is 1. The fourth-order valence-corrected chi connectivity index (χ4v) is 2.00.